The van der Waals surface area contributed by atoms with E-state index in [1.54, 1.807) is 0 Å². The molecule has 1 saturated heterocycles. The summed E-state index contributed by atoms with van der Waals surface area (Å²) >= 11 is 0. The Balaban J connectivity index is 2.65. The van der Waals surface area contributed by atoms with Crippen molar-refractivity contribution in [1.82, 2.24) is 4.90 Å². The van der Waals surface area contributed by atoms with Gasteiger partial charge in [-0.3, -0.25) is 4.90 Å². The molecule has 1 aliphatic heterocycles. The predicted octanol–water partition coefficient (Wildman–Crippen LogP) is 2.09. The van der Waals surface area contributed by atoms with Gasteiger partial charge in [-0.25, -0.2) is 0 Å². The molecular formula is C12H26N2. The summed E-state index contributed by atoms with van der Waals surface area (Å²) in [5, 5.41) is 0. The number of nitrogens with two attached hydrogens (primary N) is 1. The fraction of sp³-hybridized carbons (Fsp3) is 1.00. The first-order valence-corrected chi connectivity index (χ1v) is 5.70. The predicted molar refractivity (Wildman–Crippen MR) is 62.3 cm³/mol. The lowest BCUT2D eigenvalue weighted by atomic mass is 9.85. The van der Waals surface area contributed by atoms with Gasteiger partial charge in [0.2, 0.25) is 0 Å². The summed E-state index contributed by atoms with van der Waals surface area (Å²) < 4.78 is 0. The van der Waals surface area contributed by atoms with E-state index in [4.69, 9.17) is 5.73 Å². The van der Waals surface area contributed by atoms with Crippen LogP contribution < -0.4 is 5.73 Å². The minimum Gasteiger partial charge on any atom is -0.329 e. The van der Waals surface area contributed by atoms with Crippen molar-refractivity contribution in [2.75, 3.05) is 19.6 Å². The highest BCUT2D eigenvalue weighted by atomic mass is 15.2. The monoisotopic (exact) mass is 198 g/mol. The largest absolute Gasteiger partial charge is 0.329 e. The molecule has 0 spiro atoms. The van der Waals surface area contributed by atoms with Gasteiger partial charge in [-0.2, -0.15) is 0 Å². The van der Waals surface area contributed by atoms with Crippen LogP contribution in [-0.4, -0.2) is 30.6 Å². The van der Waals surface area contributed by atoms with Gasteiger partial charge in [0, 0.05) is 19.1 Å². The normalized spacial score (nSPS) is 25.3. The summed E-state index contributed by atoms with van der Waals surface area (Å²) in [5.41, 5.74) is 6.67. The van der Waals surface area contributed by atoms with E-state index >= 15 is 0 Å². The van der Waals surface area contributed by atoms with Crippen LogP contribution in [0.25, 0.3) is 0 Å². The van der Waals surface area contributed by atoms with Crippen molar-refractivity contribution in [3.8, 4) is 0 Å². The fourth-order valence-corrected chi connectivity index (χ4v) is 2.47. The first-order valence-electron chi connectivity index (χ1n) is 5.70. The van der Waals surface area contributed by atoms with Gasteiger partial charge >= 0.3 is 0 Å². The fourth-order valence-electron chi connectivity index (χ4n) is 2.47. The minimum atomic E-state index is 0.301. The van der Waals surface area contributed by atoms with E-state index in [0.29, 0.717) is 16.9 Å². The smallest absolute Gasteiger partial charge is 0.0267 e. The number of rotatable bonds is 2. The molecule has 0 bridgehead atoms. The first-order chi connectivity index (χ1) is 6.26. The number of nitrogens with zero attached hydrogens (tertiary/aromatic N) is 1. The summed E-state index contributed by atoms with van der Waals surface area (Å²) in [6.07, 6.45) is 1.31. The number of hydrogen-bond donors (Lipinski definition) is 1. The van der Waals surface area contributed by atoms with Gasteiger partial charge in [-0.15, -0.1) is 0 Å². The highest BCUT2D eigenvalue weighted by Gasteiger charge is 2.37. The maximum atomic E-state index is 5.89. The van der Waals surface area contributed by atoms with Crippen molar-refractivity contribution in [2.45, 2.75) is 47.1 Å². The van der Waals surface area contributed by atoms with Gasteiger partial charge in [-0.05, 0) is 23.8 Å². The molecule has 84 valence electrons. The topological polar surface area (TPSA) is 29.3 Å². The Morgan fingerprint density at radius 3 is 2.21 bits per heavy atom. The molecule has 1 rings (SSSR count). The lowest BCUT2D eigenvalue weighted by molar-refractivity contribution is 0.120. The molecule has 0 aromatic heterocycles. The highest BCUT2D eigenvalue weighted by Crippen LogP contribution is 2.34. The van der Waals surface area contributed by atoms with E-state index in [0.717, 1.165) is 6.54 Å². The zero-order valence-electron chi connectivity index (χ0n) is 10.4. The molecule has 1 heterocycles. The van der Waals surface area contributed by atoms with Crippen LogP contribution in [0.5, 0.6) is 0 Å². The van der Waals surface area contributed by atoms with Crippen LogP contribution in [0.4, 0.5) is 0 Å². The van der Waals surface area contributed by atoms with Crippen LogP contribution in [0.15, 0.2) is 0 Å². The van der Waals surface area contributed by atoms with E-state index in [1.807, 2.05) is 0 Å². The quantitative estimate of drug-likeness (QED) is 0.736. The zero-order valence-corrected chi connectivity index (χ0v) is 10.4. The van der Waals surface area contributed by atoms with E-state index in [9.17, 15) is 0 Å². The van der Waals surface area contributed by atoms with Gasteiger partial charge in [0.05, 0.1) is 0 Å². The third-order valence-electron chi connectivity index (χ3n) is 3.37. The van der Waals surface area contributed by atoms with E-state index in [1.165, 1.54) is 19.5 Å². The molecule has 0 aromatic carbocycles. The SMILES string of the molecule is CC1(C)CCN(C(CN)C(C)(C)C)C1. The van der Waals surface area contributed by atoms with Crippen molar-refractivity contribution in [1.29, 1.82) is 0 Å². The average Bonchev–Trinajstić information content (AvgIpc) is 2.29. The first kappa shape index (κ1) is 12.0. The second-order valence-electron chi connectivity index (χ2n) is 6.50. The van der Waals surface area contributed by atoms with E-state index in [2.05, 4.69) is 39.5 Å². The Bertz CT molecular complexity index is 191. The third kappa shape index (κ3) is 2.71. The Morgan fingerprint density at radius 2 is 1.93 bits per heavy atom. The second kappa shape index (κ2) is 3.82. The van der Waals surface area contributed by atoms with Crippen LogP contribution >= 0.6 is 0 Å². The highest BCUT2D eigenvalue weighted by molar-refractivity contribution is 4.91. The average molecular weight is 198 g/mol. The van der Waals surface area contributed by atoms with Crippen molar-refractivity contribution >= 4 is 0 Å². The van der Waals surface area contributed by atoms with Gasteiger partial charge < -0.3 is 5.73 Å². The molecular weight excluding hydrogens is 172 g/mol. The zero-order chi connectivity index (χ0) is 11.0. The number of likely N-dealkylation sites (tertiary alicyclic amines) is 1. The molecule has 0 aromatic rings. The summed E-state index contributed by atoms with van der Waals surface area (Å²) in [7, 11) is 0. The summed E-state index contributed by atoms with van der Waals surface area (Å²) in [5.74, 6) is 0. The molecule has 14 heavy (non-hydrogen) atoms. The molecule has 0 saturated carbocycles. The Kier molecular flexibility index (Phi) is 3.27. The van der Waals surface area contributed by atoms with Gasteiger partial charge in [0.25, 0.3) is 0 Å². The van der Waals surface area contributed by atoms with Crippen LogP contribution in [0.3, 0.4) is 0 Å². The molecule has 0 aliphatic carbocycles. The van der Waals surface area contributed by atoms with E-state index in [-0.39, 0.29) is 0 Å². The molecule has 1 atom stereocenters. The Hall–Kier alpha value is -0.0800. The van der Waals surface area contributed by atoms with Crippen molar-refractivity contribution in [3.63, 3.8) is 0 Å². The van der Waals surface area contributed by atoms with Crippen LogP contribution in [0.2, 0.25) is 0 Å². The van der Waals surface area contributed by atoms with Crippen molar-refractivity contribution in [2.24, 2.45) is 16.6 Å². The Morgan fingerprint density at radius 1 is 1.36 bits per heavy atom. The van der Waals surface area contributed by atoms with Crippen LogP contribution in [-0.2, 0) is 0 Å². The van der Waals surface area contributed by atoms with Gasteiger partial charge in [0.1, 0.15) is 0 Å². The van der Waals surface area contributed by atoms with Crippen molar-refractivity contribution < 1.29 is 0 Å². The molecule has 2 N–H and O–H groups in total. The molecule has 1 fully saturated rings. The summed E-state index contributed by atoms with van der Waals surface area (Å²) in [4.78, 5) is 2.57. The lowest BCUT2D eigenvalue weighted by Crippen LogP contribution is -2.48. The standard InChI is InChI=1S/C12H26N2/c1-11(2,3)10(8-13)14-7-6-12(4,5)9-14/h10H,6-9,13H2,1-5H3. The van der Waals surface area contributed by atoms with Crippen LogP contribution in [0.1, 0.15) is 41.0 Å². The lowest BCUT2D eigenvalue weighted by Gasteiger charge is -2.37. The van der Waals surface area contributed by atoms with Crippen molar-refractivity contribution in [3.05, 3.63) is 0 Å². The van der Waals surface area contributed by atoms with Gasteiger partial charge in [-0.1, -0.05) is 34.6 Å². The maximum absolute atomic E-state index is 5.89. The Labute approximate surface area is 88.8 Å². The maximum Gasteiger partial charge on any atom is 0.0267 e. The third-order valence-corrected chi connectivity index (χ3v) is 3.37. The second-order valence-corrected chi connectivity index (χ2v) is 6.50. The number of hydrogen-bond acceptors (Lipinski definition) is 2. The molecule has 1 unspecified atom stereocenters. The molecule has 2 heteroatoms. The molecule has 0 radical (unpaired) electrons. The summed E-state index contributed by atoms with van der Waals surface area (Å²) in [6, 6.07) is 0.532. The summed E-state index contributed by atoms with van der Waals surface area (Å²) in [6.45, 7) is 14.8. The van der Waals surface area contributed by atoms with Gasteiger partial charge in [0.15, 0.2) is 0 Å². The molecule has 2 nitrogen and oxygen atoms in total. The minimum absolute atomic E-state index is 0.301. The van der Waals surface area contributed by atoms with Crippen LogP contribution in [0, 0.1) is 10.8 Å². The molecule has 0 amide bonds. The van der Waals surface area contributed by atoms with E-state index < -0.39 is 0 Å². The molecule has 1 aliphatic rings.